The first-order valence-electron chi connectivity index (χ1n) is 4.88. The molecule has 6 heteroatoms. The smallest absolute Gasteiger partial charge is 0.225 e. The van der Waals surface area contributed by atoms with Gasteiger partial charge in [-0.2, -0.15) is 0 Å². The summed E-state index contributed by atoms with van der Waals surface area (Å²) in [5, 5.41) is 7.31. The lowest BCUT2D eigenvalue weighted by atomic mass is 10.3. The van der Waals surface area contributed by atoms with Crippen LogP contribution in [0, 0.1) is 5.41 Å². The molecule has 0 spiro atoms. The molecule has 0 unspecified atom stereocenters. The normalized spacial score (nSPS) is 16.5. The summed E-state index contributed by atoms with van der Waals surface area (Å²) in [6.45, 7) is 3.13. The Kier molecular flexibility index (Phi) is 2.66. The number of anilines is 1. The minimum Gasteiger partial charge on any atom is -0.370 e. The lowest BCUT2D eigenvalue weighted by molar-refractivity contribution is 0.377. The van der Waals surface area contributed by atoms with E-state index in [1.165, 1.54) is 0 Å². The second-order valence-electron chi connectivity index (χ2n) is 3.41. The van der Waals surface area contributed by atoms with E-state index < -0.39 is 0 Å². The van der Waals surface area contributed by atoms with E-state index in [2.05, 4.69) is 14.9 Å². The van der Waals surface area contributed by atoms with Gasteiger partial charge >= 0.3 is 0 Å². The highest BCUT2D eigenvalue weighted by Crippen LogP contribution is 2.08. The molecule has 6 nitrogen and oxygen atoms in total. The van der Waals surface area contributed by atoms with E-state index in [4.69, 9.17) is 11.1 Å². The molecule has 1 aromatic rings. The van der Waals surface area contributed by atoms with Crippen LogP contribution in [0.4, 0.5) is 5.95 Å². The van der Waals surface area contributed by atoms with Crippen molar-refractivity contribution in [3.8, 4) is 0 Å². The maximum Gasteiger partial charge on any atom is 0.225 e. The Hall–Kier alpha value is -1.85. The van der Waals surface area contributed by atoms with Gasteiger partial charge in [0.25, 0.3) is 0 Å². The Morgan fingerprint density at radius 1 is 1.20 bits per heavy atom. The van der Waals surface area contributed by atoms with Gasteiger partial charge in [-0.05, 0) is 6.07 Å². The quantitative estimate of drug-likeness (QED) is 0.478. The number of nitrogens with one attached hydrogen (secondary N) is 1. The lowest BCUT2D eigenvalue weighted by Gasteiger charge is -2.34. The molecule has 15 heavy (non-hydrogen) atoms. The molecule has 1 aliphatic heterocycles. The van der Waals surface area contributed by atoms with Gasteiger partial charge in [-0.25, -0.2) is 9.97 Å². The first kappa shape index (κ1) is 9.70. The molecule has 2 rings (SSSR count). The van der Waals surface area contributed by atoms with Crippen molar-refractivity contribution in [1.82, 2.24) is 14.9 Å². The number of nitrogens with zero attached hydrogens (tertiary/aromatic N) is 4. The molecular formula is C9H14N6. The van der Waals surface area contributed by atoms with Crippen LogP contribution in [0.25, 0.3) is 0 Å². The van der Waals surface area contributed by atoms with Crippen molar-refractivity contribution >= 4 is 11.9 Å². The van der Waals surface area contributed by atoms with Crippen LogP contribution in [0.15, 0.2) is 18.5 Å². The molecule has 0 atom stereocenters. The van der Waals surface area contributed by atoms with Gasteiger partial charge in [-0.3, -0.25) is 5.41 Å². The Bertz CT molecular complexity index is 330. The highest BCUT2D eigenvalue weighted by atomic mass is 15.3. The maximum absolute atomic E-state index is 7.31. The highest BCUT2D eigenvalue weighted by molar-refractivity contribution is 5.74. The van der Waals surface area contributed by atoms with E-state index in [0.717, 1.165) is 32.1 Å². The van der Waals surface area contributed by atoms with Crippen LogP contribution in [-0.4, -0.2) is 47.0 Å². The van der Waals surface area contributed by atoms with E-state index in [-0.39, 0.29) is 5.96 Å². The van der Waals surface area contributed by atoms with Crippen molar-refractivity contribution in [2.75, 3.05) is 31.1 Å². The van der Waals surface area contributed by atoms with Gasteiger partial charge in [0.2, 0.25) is 5.95 Å². The summed E-state index contributed by atoms with van der Waals surface area (Å²) in [5.41, 5.74) is 5.41. The maximum atomic E-state index is 7.31. The molecule has 1 fully saturated rings. The molecule has 0 aromatic carbocycles. The van der Waals surface area contributed by atoms with Crippen LogP contribution in [0.3, 0.4) is 0 Å². The molecule has 2 heterocycles. The first-order chi connectivity index (χ1) is 7.27. The number of rotatable bonds is 1. The molecule has 0 saturated carbocycles. The summed E-state index contributed by atoms with van der Waals surface area (Å²) in [5.74, 6) is 0.893. The Morgan fingerprint density at radius 2 is 1.80 bits per heavy atom. The minimum atomic E-state index is 0.142. The zero-order valence-corrected chi connectivity index (χ0v) is 8.43. The van der Waals surface area contributed by atoms with Gasteiger partial charge in [0.1, 0.15) is 0 Å². The van der Waals surface area contributed by atoms with Gasteiger partial charge < -0.3 is 15.5 Å². The number of hydrogen-bond acceptors (Lipinski definition) is 4. The van der Waals surface area contributed by atoms with E-state index >= 15 is 0 Å². The van der Waals surface area contributed by atoms with Gasteiger partial charge in [-0.15, -0.1) is 0 Å². The molecule has 1 aliphatic rings. The second kappa shape index (κ2) is 4.12. The summed E-state index contributed by atoms with van der Waals surface area (Å²) >= 11 is 0. The third-order valence-electron chi connectivity index (χ3n) is 2.46. The number of nitrogens with two attached hydrogens (primary N) is 1. The van der Waals surface area contributed by atoms with E-state index in [0.29, 0.717) is 0 Å². The predicted molar refractivity (Wildman–Crippen MR) is 57.7 cm³/mol. The molecule has 1 aromatic heterocycles. The number of piperazine rings is 1. The fourth-order valence-electron chi connectivity index (χ4n) is 1.60. The average Bonchev–Trinajstić information content (AvgIpc) is 2.30. The first-order valence-corrected chi connectivity index (χ1v) is 4.88. The third-order valence-corrected chi connectivity index (χ3v) is 2.46. The number of guanidine groups is 1. The van der Waals surface area contributed by atoms with E-state index in [1.54, 1.807) is 18.5 Å². The number of hydrogen-bond donors (Lipinski definition) is 2. The number of aromatic nitrogens is 2. The Balaban J connectivity index is 1.97. The van der Waals surface area contributed by atoms with Crippen LogP contribution >= 0.6 is 0 Å². The minimum absolute atomic E-state index is 0.142. The molecule has 80 valence electrons. The Morgan fingerprint density at radius 3 is 2.33 bits per heavy atom. The molecule has 0 bridgehead atoms. The molecule has 0 aliphatic carbocycles. The van der Waals surface area contributed by atoms with Crippen molar-refractivity contribution in [1.29, 1.82) is 5.41 Å². The van der Waals surface area contributed by atoms with Crippen LogP contribution in [0.5, 0.6) is 0 Å². The molecule has 3 N–H and O–H groups in total. The van der Waals surface area contributed by atoms with Crippen molar-refractivity contribution in [3.05, 3.63) is 18.5 Å². The van der Waals surface area contributed by atoms with Gasteiger partial charge in [-0.1, -0.05) is 0 Å². The zero-order valence-electron chi connectivity index (χ0n) is 8.43. The van der Waals surface area contributed by atoms with Crippen LogP contribution in [0.2, 0.25) is 0 Å². The largest absolute Gasteiger partial charge is 0.370 e. The topological polar surface area (TPSA) is 82.1 Å². The fourth-order valence-corrected chi connectivity index (χ4v) is 1.60. The second-order valence-corrected chi connectivity index (χ2v) is 3.41. The van der Waals surface area contributed by atoms with Crippen LogP contribution in [-0.2, 0) is 0 Å². The summed E-state index contributed by atoms with van der Waals surface area (Å²) in [6, 6.07) is 1.80. The van der Waals surface area contributed by atoms with Crippen LogP contribution < -0.4 is 10.6 Å². The molecular weight excluding hydrogens is 192 g/mol. The molecule has 0 radical (unpaired) electrons. The average molecular weight is 206 g/mol. The Labute approximate surface area is 88.2 Å². The van der Waals surface area contributed by atoms with E-state index in [9.17, 15) is 0 Å². The fraction of sp³-hybridized carbons (Fsp3) is 0.444. The summed E-state index contributed by atoms with van der Waals surface area (Å²) in [6.07, 6.45) is 3.47. The van der Waals surface area contributed by atoms with Gasteiger partial charge in [0.05, 0.1) is 0 Å². The molecule has 0 amide bonds. The standard InChI is InChI=1S/C9H14N6/c10-8(11)14-4-6-15(7-5-14)9-12-2-1-3-13-9/h1-3H,4-7H2,(H3,10,11). The van der Waals surface area contributed by atoms with Crippen molar-refractivity contribution < 1.29 is 0 Å². The van der Waals surface area contributed by atoms with Crippen LogP contribution in [0.1, 0.15) is 0 Å². The summed E-state index contributed by atoms with van der Waals surface area (Å²) in [7, 11) is 0. The van der Waals surface area contributed by atoms with E-state index in [1.807, 2.05) is 4.90 Å². The summed E-state index contributed by atoms with van der Waals surface area (Å²) in [4.78, 5) is 12.3. The SMILES string of the molecule is N=C(N)N1CCN(c2ncccn2)CC1. The van der Waals surface area contributed by atoms with Crippen molar-refractivity contribution in [2.24, 2.45) is 5.73 Å². The third kappa shape index (κ3) is 2.15. The zero-order chi connectivity index (χ0) is 10.7. The van der Waals surface area contributed by atoms with Gasteiger partial charge in [0, 0.05) is 38.6 Å². The van der Waals surface area contributed by atoms with Crippen molar-refractivity contribution in [3.63, 3.8) is 0 Å². The highest BCUT2D eigenvalue weighted by Gasteiger charge is 2.18. The molecule has 1 saturated heterocycles. The monoisotopic (exact) mass is 206 g/mol. The van der Waals surface area contributed by atoms with Crippen molar-refractivity contribution in [2.45, 2.75) is 0 Å². The van der Waals surface area contributed by atoms with Gasteiger partial charge in [0.15, 0.2) is 5.96 Å². The lowest BCUT2D eigenvalue weighted by Crippen LogP contribution is -2.51. The predicted octanol–water partition coefficient (Wildman–Crippen LogP) is -0.508. The summed E-state index contributed by atoms with van der Waals surface area (Å²) < 4.78 is 0.